The molecule has 6 heteroatoms. The Kier molecular flexibility index (Phi) is 3.84. The lowest BCUT2D eigenvalue weighted by Gasteiger charge is -1.97. The van der Waals surface area contributed by atoms with Crippen molar-refractivity contribution in [2.75, 3.05) is 12.3 Å². The molecule has 0 spiro atoms. The fraction of sp³-hybridized carbons (Fsp3) is 0.200. The summed E-state index contributed by atoms with van der Waals surface area (Å²) in [4.78, 5) is 15.6. The first-order chi connectivity index (χ1) is 7.74. The van der Waals surface area contributed by atoms with E-state index in [-0.39, 0.29) is 5.91 Å². The van der Waals surface area contributed by atoms with Crippen LogP contribution in [0.5, 0.6) is 0 Å². The molecule has 0 aromatic carbocycles. The Bertz CT molecular complexity index is 453. The highest BCUT2D eigenvalue weighted by molar-refractivity contribution is 9.10. The Morgan fingerprint density at radius 1 is 1.62 bits per heavy atom. The van der Waals surface area contributed by atoms with Crippen LogP contribution in [0, 0.1) is 0 Å². The summed E-state index contributed by atoms with van der Waals surface area (Å²) < 4.78 is 5.86. The van der Waals surface area contributed by atoms with E-state index in [1.165, 1.54) is 6.08 Å². The summed E-state index contributed by atoms with van der Waals surface area (Å²) in [6.07, 6.45) is 3.03. The zero-order valence-corrected chi connectivity index (χ0v) is 10.7. The predicted molar refractivity (Wildman–Crippen MR) is 68.3 cm³/mol. The Balaban J connectivity index is 1.89. The van der Waals surface area contributed by atoms with Gasteiger partial charge in [0.1, 0.15) is 5.76 Å². The van der Waals surface area contributed by atoms with Gasteiger partial charge in [-0.1, -0.05) is 11.8 Å². The SMILES string of the molecule is O=C(/C=C/c1ccc(Br)o1)NC1=NCCS1. The van der Waals surface area contributed by atoms with E-state index >= 15 is 0 Å². The standard InChI is InChI=1S/C10H9BrN2O2S/c11-8-3-1-7(15-8)2-4-9(14)13-10-12-5-6-16-10/h1-4H,5-6H2,(H,12,13,14)/b4-2+. The lowest BCUT2D eigenvalue weighted by Crippen LogP contribution is -2.25. The van der Waals surface area contributed by atoms with Gasteiger partial charge in [-0.25, -0.2) is 0 Å². The maximum atomic E-state index is 11.4. The van der Waals surface area contributed by atoms with Crippen molar-refractivity contribution in [2.24, 2.45) is 4.99 Å². The molecule has 0 saturated carbocycles. The number of furan rings is 1. The van der Waals surface area contributed by atoms with Crippen molar-refractivity contribution >= 4 is 44.8 Å². The normalized spacial score (nSPS) is 15.4. The lowest BCUT2D eigenvalue weighted by atomic mass is 10.4. The van der Waals surface area contributed by atoms with Crippen LogP contribution >= 0.6 is 27.7 Å². The zero-order chi connectivity index (χ0) is 11.4. The molecular formula is C10H9BrN2O2S. The third-order valence-corrected chi connectivity index (χ3v) is 3.13. The smallest absolute Gasteiger partial charge is 0.250 e. The van der Waals surface area contributed by atoms with Crippen LogP contribution in [0.25, 0.3) is 6.08 Å². The summed E-state index contributed by atoms with van der Waals surface area (Å²) in [7, 11) is 0. The molecule has 0 atom stereocenters. The molecule has 2 rings (SSSR count). The number of rotatable bonds is 2. The first-order valence-corrected chi connectivity index (χ1v) is 6.43. The van der Waals surface area contributed by atoms with Crippen molar-refractivity contribution in [3.8, 4) is 0 Å². The van der Waals surface area contributed by atoms with Gasteiger partial charge in [-0.3, -0.25) is 9.79 Å². The fourth-order valence-electron chi connectivity index (χ4n) is 1.13. The molecule has 0 unspecified atom stereocenters. The highest BCUT2D eigenvalue weighted by atomic mass is 79.9. The van der Waals surface area contributed by atoms with Gasteiger partial charge in [0.2, 0.25) is 5.91 Å². The molecule has 0 radical (unpaired) electrons. The molecule has 4 nitrogen and oxygen atoms in total. The molecule has 1 aliphatic heterocycles. The molecular weight excluding hydrogens is 292 g/mol. The molecule has 1 aromatic heterocycles. The third-order valence-electron chi connectivity index (χ3n) is 1.81. The third kappa shape index (κ3) is 3.24. The van der Waals surface area contributed by atoms with Gasteiger partial charge < -0.3 is 9.73 Å². The first kappa shape index (κ1) is 11.5. The number of hydrogen-bond donors (Lipinski definition) is 1. The molecule has 1 N–H and O–H groups in total. The highest BCUT2D eigenvalue weighted by Crippen LogP contribution is 2.15. The number of halogens is 1. The molecule has 0 saturated heterocycles. The number of nitrogens with one attached hydrogen (secondary N) is 1. The average molecular weight is 301 g/mol. The predicted octanol–water partition coefficient (Wildman–Crippen LogP) is 2.27. The molecule has 1 amide bonds. The second-order valence-electron chi connectivity index (χ2n) is 3.00. The van der Waals surface area contributed by atoms with Crippen LogP contribution in [-0.2, 0) is 4.79 Å². The number of amides is 1. The summed E-state index contributed by atoms with van der Waals surface area (Å²) in [6.45, 7) is 0.773. The van der Waals surface area contributed by atoms with E-state index < -0.39 is 0 Å². The topological polar surface area (TPSA) is 54.6 Å². The van der Waals surface area contributed by atoms with Crippen LogP contribution in [-0.4, -0.2) is 23.4 Å². The maximum absolute atomic E-state index is 11.4. The number of carbonyl (C=O) groups is 1. The van der Waals surface area contributed by atoms with Crippen molar-refractivity contribution in [1.82, 2.24) is 5.32 Å². The van der Waals surface area contributed by atoms with Crippen LogP contribution in [0.1, 0.15) is 5.76 Å². The summed E-state index contributed by atoms with van der Waals surface area (Å²) in [6, 6.07) is 3.55. The van der Waals surface area contributed by atoms with Crippen LogP contribution in [0.15, 0.2) is 32.3 Å². The fourth-order valence-corrected chi connectivity index (χ4v) is 2.18. The van der Waals surface area contributed by atoms with Crippen molar-refractivity contribution in [2.45, 2.75) is 0 Å². The number of thioether (sulfide) groups is 1. The minimum atomic E-state index is -0.194. The van der Waals surface area contributed by atoms with Crippen LogP contribution in [0.2, 0.25) is 0 Å². The summed E-state index contributed by atoms with van der Waals surface area (Å²) in [5.74, 6) is 1.37. The Labute approximate surface area is 105 Å². The van der Waals surface area contributed by atoms with Crippen molar-refractivity contribution in [3.05, 3.63) is 28.6 Å². The molecule has 16 heavy (non-hydrogen) atoms. The Morgan fingerprint density at radius 3 is 3.12 bits per heavy atom. The summed E-state index contributed by atoms with van der Waals surface area (Å²) in [5.41, 5.74) is 0. The van der Waals surface area contributed by atoms with Gasteiger partial charge in [-0.2, -0.15) is 0 Å². The molecule has 1 aliphatic rings. The van der Waals surface area contributed by atoms with Gasteiger partial charge in [0, 0.05) is 11.8 Å². The van der Waals surface area contributed by atoms with E-state index in [0.29, 0.717) is 15.6 Å². The van der Waals surface area contributed by atoms with E-state index in [2.05, 4.69) is 26.2 Å². The monoisotopic (exact) mass is 300 g/mol. The number of aliphatic imine (C=N–C) groups is 1. The zero-order valence-electron chi connectivity index (χ0n) is 8.27. The number of carbonyl (C=O) groups excluding carboxylic acids is 1. The quantitative estimate of drug-likeness (QED) is 0.853. The van der Waals surface area contributed by atoms with E-state index in [4.69, 9.17) is 4.42 Å². The van der Waals surface area contributed by atoms with E-state index in [9.17, 15) is 4.79 Å². The van der Waals surface area contributed by atoms with Crippen molar-refractivity contribution in [3.63, 3.8) is 0 Å². The van der Waals surface area contributed by atoms with Gasteiger partial charge in [0.05, 0.1) is 6.54 Å². The highest BCUT2D eigenvalue weighted by Gasteiger charge is 2.08. The summed E-state index contributed by atoms with van der Waals surface area (Å²) >= 11 is 4.74. The molecule has 0 aliphatic carbocycles. The van der Waals surface area contributed by atoms with Crippen molar-refractivity contribution in [1.29, 1.82) is 0 Å². The Morgan fingerprint density at radius 2 is 2.50 bits per heavy atom. The van der Waals surface area contributed by atoms with Gasteiger partial charge in [-0.05, 0) is 34.1 Å². The average Bonchev–Trinajstić information content (AvgIpc) is 2.87. The molecule has 0 bridgehead atoms. The van der Waals surface area contributed by atoms with Crippen LogP contribution in [0.3, 0.4) is 0 Å². The molecule has 0 fully saturated rings. The van der Waals surface area contributed by atoms with Crippen LogP contribution in [0.4, 0.5) is 0 Å². The van der Waals surface area contributed by atoms with Gasteiger partial charge in [0.25, 0.3) is 0 Å². The summed E-state index contributed by atoms with van der Waals surface area (Å²) in [5, 5.41) is 3.38. The number of nitrogens with zero attached hydrogens (tertiary/aromatic N) is 1. The minimum Gasteiger partial charge on any atom is -0.450 e. The lowest BCUT2D eigenvalue weighted by molar-refractivity contribution is -0.115. The van der Waals surface area contributed by atoms with Crippen molar-refractivity contribution < 1.29 is 9.21 Å². The van der Waals surface area contributed by atoms with Gasteiger partial charge in [0.15, 0.2) is 9.84 Å². The largest absolute Gasteiger partial charge is 0.450 e. The molecule has 2 heterocycles. The Hall–Kier alpha value is -1.01. The van der Waals surface area contributed by atoms with E-state index in [1.807, 2.05) is 0 Å². The first-order valence-electron chi connectivity index (χ1n) is 4.66. The second kappa shape index (κ2) is 5.36. The number of hydrogen-bond acceptors (Lipinski definition) is 4. The molecule has 84 valence electrons. The minimum absolute atomic E-state index is 0.194. The van der Waals surface area contributed by atoms with E-state index in [0.717, 1.165) is 12.3 Å². The second-order valence-corrected chi connectivity index (χ2v) is 4.86. The van der Waals surface area contributed by atoms with Gasteiger partial charge in [-0.15, -0.1) is 0 Å². The maximum Gasteiger partial charge on any atom is 0.250 e. The number of amidine groups is 1. The van der Waals surface area contributed by atoms with Gasteiger partial charge >= 0.3 is 0 Å². The van der Waals surface area contributed by atoms with E-state index in [1.54, 1.807) is 30.0 Å². The molecule has 1 aromatic rings. The van der Waals surface area contributed by atoms with Crippen LogP contribution < -0.4 is 5.32 Å².